The Morgan fingerprint density at radius 1 is 1.07 bits per heavy atom. The molecule has 3 heterocycles. The Hall–Kier alpha value is -4.18. The molecular formula is C31H30ClFN6O3. The summed E-state index contributed by atoms with van der Waals surface area (Å²) in [6.07, 6.45) is 2.96. The molecule has 42 heavy (non-hydrogen) atoms. The Kier molecular flexibility index (Phi) is 7.49. The summed E-state index contributed by atoms with van der Waals surface area (Å²) < 4.78 is 16.0. The normalized spacial score (nSPS) is 21.5. The minimum Gasteiger partial charge on any atom is -0.354 e. The number of aryl methyl sites for hydroxylation is 1. The number of halogens is 2. The number of fused-ring (bicyclic) bond motifs is 1. The largest absolute Gasteiger partial charge is 0.354 e. The minimum absolute atomic E-state index is 0.0588. The highest BCUT2D eigenvalue weighted by molar-refractivity contribution is 6.31. The Morgan fingerprint density at radius 3 is 2.57 bits per heavy atom. The van der Waals surface area contributed by atoms with Gasteiger partial charge < -0.3 is 10.2 Å². The second kappa shape index (κ2) is 11.2. The Bertz CT molecular complexity index is 1690. The molecule has 0 bridgehead atoms. The maximum Gasteiger partial charge on any atom is 0.245 e. The average Bonchev–Trinajstić information content (AvgIpc) is 3.49. The van der Waals surface area contributed by atoms with E-state index < -0.39 is 18.1 Å². The third-order valence-electron chi connectivity index (χ3n) is 8.12. The van der Waals surface area contributed by atoms with Crippen LogP contribution < -0.4 is 5.32 Å². The molecule has 216 valence electrons. The van der Waals surface area contributed by atoms with E-state index in [-0.39, 0.29) is 48.7 Å². The molecular weight excluding hydrogens is 559 g/mol. The van der Waals surface area contributed by atoms with Crippen LogP contribution in [-0.4, -0.2) is 67.5 Å². The Labute approximate surface area is 247 Å². The van der Waals surface area contributed by atoms with E-state index in [0.29, 0.717) is 28.3 Å². The number of nitrogens with zero attached hydrogens (tertiary/aromatic N) is 5. The van der Waals surface area contributed by atoms with Crippen molar-refractivity contribution in [3.63, 3.8) is 0 Å². The molecule has 0 radical (unpaired) electrons. The highest BCUT2D eigenvalue weighted by Gasteiger charge is 2.42. The van der Waals surface area contributed by atoms with Crippen LogP contribution in [0.15, 0.2) is 54.9 Å². The van der Waals surface area contributed by atoms with Crippen molar-refractivity contribution in [2.75, 3.05) is 13.1 Å². The topological polar surface area (TPSA) is 110 Å². The van der Waals surface area contributed by atoms with Gasteiger partial charge in [-0.05, 0) is 54.5 Å². The maximum atomic E-state index is 14.5. The van der Waals surface area contributed by atoms with Crippen LogP contribution in [0.5, 0.6) is 0 Å². The van der Waals surface area contributed by atoms with Gasteiger partial charge in [0.05, 0.1) is 12.1 Å². The van der Waals surface area contributed by atoms with Gasteiger partial charge in [-0.25, -0.2) is 14.4 Å². The zero-order valence-corrected chi connectivity index (χ0v) is 24.0. The predicted molar refractivity (Wildman–Crippen MR) is 156 cm³/mol. The van der Waals surface area contributed by atoms with Crippen LogP contribution >= 0.6 is 11.6 Å². The van der Waals surface area contributed by atoms with Crippen molar-refractivity contribution in [2.45, 2.75) is 51.4 Å². The van der Waals surface area contributed by atoms with Crippen molar-refractivity contribution in [3.05, 3.63) is 77.0 Å². The molecule has 4 atom stereocenters. The van der Waals surface area contributed by atoms with E-state index in [9.17, 15) is 18.8 Å². The molecule has 2 amide bonds. The fraction of sp³-hybridized carbons (Fsp3) is 0.355. The van der Waals surface area contributed by atoms with Gasteiger partial charge in [-0.3, -0.25) is 19.1 Å². The molecule has 1 unspecified atom stereocenters. The first-order chi connectivity index (χ1) is 20.2. The summed E-state index contributed by atoms with van der Waals surface area (Å²) in [5, 5.41) is 8.66. The van der Waals surface area contributed by atoms with Crippen LogP contribution in [0.25, 0.3) is 22.0 Å². The van der Waals surface area contributed by atoms with Crippen LogP contribution in [0.2, 0.25) is 5.02 Å². The first kappa shape index (κ1) is 28.0. The molecule has 2 fully saturated rings. The number of nitrogens with one attached hydrogen (secondary N) is 1. The molecule has 11 heteroatoms. The quantitative estimate of drug-likeness (QED) is 0.303. The number of aromatic nitrogens is 4. The summed E-state index contributed by atoms with van der Waals surface area (Å²) in [5.74, 6) is 0.114. The lowest BCUT2D eigenvalue weighted by Crippen LogP contribution is -2.47. The summed E-state index contributed by atoms with van der Waals surface area (Å²) >= 11 is 6.32. The molecule has 1 saturated carbocycles. The fourth-order valence-electron chi connectivity index (χ4n) is 5.79. The minimum atomic E-state index is -1.30. The highest BCUT2D eigenvalue weighted by atomic mass is 35.5. The van der Waals surface area contributed by atoms with Crippen LogP contribution in [-0.2, 0) is 16.1 Å². The molecule has 1 N–H and O–H groups in total. The van der Waals surface area contributed by atoms with E-state index >= 15 is 0 Å². The van der Waals surface area contributed by atoms with Gasteiger partial charge in [0.25, 0.3) is 0 Å². The van der Waals surface area contributed by atoms with Crippen LogP contribution in [0.1, 0.15) is 47.6 Å². The van der Waals surface area contributed by atoms with Gasteiger partial charge in [-0.15, -0.1) is 0 Å². The van der Waals surface area contributed by atoms with Gasteiger partial charge in [0, 0.05) is 48.3 Å². The summed E-state index contributed by atoms with van der Waals surface area (Å²) in [6, 6.07) is 12.2. The number of amides is 2. The molecule has 0 spiro atoms. The van der Waals surface area contributed by atoms with E-state index in [0.717, 1.165) is 23.1 Å². The number of carbonyl (C=O) groups is 3. The standard InChI is InChI=1S/C31H30ClFN6O3/c1-17(40)30-25-9-19(21-13-34-18(2)35-14-21)7-8-27(25)39(37-30)16-29(41)38-15-22(33)11-28(38)31(42)36-12-20-10-24(20)23-5-3-4-6-26(23)32/h3-9,13-14,20,22,24,28H,10-12,15-16H2,1-2H3,(H,36,42)/t20?,22-,24+,28+/m1/s1. The third kappa shape index (κ3) is 5.51. The lowest BCUT2D eigenvalue weighted by Gasteiger charge is -2.23. The van der Waals surface area contributed by atoms with E-state index in [2.05, 4.69) is 20.4 Å². The number of Topliss-reactive ketones (excluding diaryl/α,β-unsaturated/α-hetero) is 1. The first-order valence-corrected chi connectivity index (χ1v) is 14.3. The number of ketones is 1. The van der Waals surface area contributed by atoms with Gasteiger partial charge in [-0.2, -0.15) is 5.10 Å². The maximum absolute atomic E-state index is 14.5. The SMILES string of the molecule is CC(=O)c1nn(CC(=O)N2C[C@H](F)C[C@H]2C(=O)NCC2C[C@@H]2c2ccccc2Cl)c2ccc(-c3cnc(C)nc3)cc12. The lowest BCUT2D eigenvalue weighted by molar-refractivity contribution is -0.139. The molecule has 2 aliphatic rings. The summed E-state index contributed by atoms with van der Waals surface area (Å²) in [4.78, 5) is 48.8. The van der Waals surface area contributed by atoms with Crippen molar-refractivity contribution in [1.29, 1.82) is 0 Å². The number of hydrogen-bond acceptors (Lipinski definition) is 6. The number of benzene rings is 2. The molecule has 2 aromatic carbocycles. The second-order valence-electron chi connectivity index (χ2n) is 11.1. The first-order valence-electron chi connectivity index (χ1n) is 14.0. The lowest BCUT2D eigenvalue weighted by atomic mass is 10.0. The van der Waals surface area contributed by atoms with Crippen LogP contribution in [0.4, 0.5) is 4.39 Å². The van der Waals surface area contributed by atoms with Crippen molar-refractivity contribution in [1.82, 2.24) is 30.0 Å². The number of alkyl halides is 1. The van der Waals surface area contributed by atoms with E-state index in [1.807, 2.05) is 36.4 Å². The molecule has 9 nitrogen and oxygen atoms in total. The number of carbonyl (C=O) groups excluding carboxylic acids is 3. The third-order valence-corrected chi connectivity index (χ3v) is 8.47. The summed E-state index contributed by atoms with van der Waals surface area (Å²) in [7, 11) is 0. The summed E-state index contributed by atoms with van der Waals surface area (Å²) in [6.45, 7) is 3.25. The van der Waals surface area contributed by atoms with E-state index in [1.54, 1.807) is 25.4 Å². The number of likely N-dealkylation sites (tertiary alicyclic amines) is 1. The molecule has 4 aromatic rings. The molecule has 1 aliphatic heterocycles. The Balaban J connectivity index is 1.16. The van der Waals surface area contributed by atoms with Crippen molar-refractivity contribution < 1.29 is 18.8 Å². The second-order valence-corrected chi connectivity index (χ2v) is 11.5. The molecule has 2 aromatic heterocycles. The zero-order valence-electron chi connectivity index (χ0n) is 23.3. The van der Waals surface area contributed by atoms with Crippen LogP contribution in [0, 0.1) is 12.8 Å². The monoisotopic (exact) mass is 588 g/mol. The van der Waals surface area contributed by atoms with Gasteiger partial charge in [0.2, 0.25) is 11.8 Å². The fourth-order valence-corrected chi connectivity index (χ4v) is 6.06. The van der Waals surface area contributed by atoms with Crippen LogP contribution in [0.3, 0.4) is 0 Å². The van der Waals surface area contributed by atoms with E-state index in [4.69, 9.17) is 11.6 Å². The molecule has 1 aliphatic carbocycles. The highest BCUT2D eigenvalue weighted by Crippen LogP contribution is 2.49. The smallest absolute Gasteiger partial charge is 0.245 e. The van der Waals surface area contributed by atoms with Gasteiger partial charge in [-0.1, -0.05) is 35.9 Å². The van der Waals surface area contributed by atoms with Gasteiger partial charge in [0.15, 0.2) is 5.78 Å². The Morgan fingerprint density at radius 2 is 1.83 bits per heavy atom. The molecule has 6 rings (SSSR count). The van der Waals surface area contributed by atoms with Gasteiger partial charge in [0.1, 0.15) is 30.3 Å². The predicted octanol–water partition coefficient (Wildman–Crippen LogP) is 4.52. The van der Waals surface area contributed by atoms with Crippen molar-refractivity contribution >= 4 is 40.1 Å². The average molecular weight is 589 g/mol. The zero-order chi connectivity index (χ0) is 29.5. The number of hydrogen-bond donors (Lipinski definition) is 1. The molecule has 1 saturated heterocycles. The van der Waals surface area contributed by atoms with E-state index in [1.165, 1.54) is 16.5 Å². The van der Waals surface area contributed by atoms with Crippen molar-refractivity contribution in [3.8, 4) is 11.1 Å². The van der Waals surface area contributed by atoms with Gasteiger partial charge >= 0.3 is 0 Å². The summed E-state index contributed by atoms with van der Waals surface area (Å²) in [5.41, 5.74) is 3.46. The van der Waals surface area contributed by atoms with Crippen molar-refractivity contribution in [2.24, 2.45) is 5.92 Å². The number of rotatable bonds is 8.